The Kier molecular flexibility index (Phi) is 4.76. The summed E-state index contributed by atoms with van der Waals surface area (Å²) in [6, 6.07) is 15.1. The molecule has 122 valence electrons. The second-order valence-electron chi connectivity index (χ2n) is 5.78. The molecule has 0 saturated carbocycles. The summed E-state index contributed by atoms with van der Waals surface area (Å²) in [7, 11) is 0. The number of hydrogen-bond acceptors (Lipinski definition) is 4. The van der Waals surface area contributed by atoms with Gasteiger partial charge in [-0.15, -0.1) is 0 Å². The average Bonchev–Trinajstić information content (AvgIpc) is 2.60. The molecule has 3 nitrogen and oxygen atoms in total. The van der Waals surface area contributed by atoms with E-state index in [1.807, 2.05) is 43.3 Å². The standard InChI is InChI=1S/C20H19NO2S/c1-13-11-18(24-17-5-3-16(22)4-6-17)12-19(20(13)23)14(2)15-7-9-21-10-8-15/h3-12,14,22-23H,1-2H3. The first-order valence-electron chi connectivity index (χ1n) is 7.75. The SMILES string of the molecule is Cc1cc(Sc2ccc(O)cc2)cc(C(C)c2ccncc2)c1O. The number of phenols is 2. The average molecular weight is 337 g/mol. The highest BCUT2D eigenvalue weighted by atomic mass is 32.2. The van der Waals surface area contributed by atoms with Crippen LogP contribution in [0.15, 0.2) is 70.7 Å². The highest BCUT2D eigenvalue weighted by molar-refractivity contribution is 7.99. The predicted octanol–water partition coefficient (Wildman–Crippen LogP) is 5.10. The maximum atomic E-state index is 10.5. The van der Waals surface area contributed by atoms with Crippen LogP contribution < -0.4 is 0 Å². The van der Waals surface area contributed by atoms with Crippen LogP contribution in [0.4, 0.5) is 0 Å². The Morgan fingerprint density at radius 2 is 1.58 bits per heavy atom. The van der Waals surface area contributed by atoms with Crippen LogP contribution in [0.1, 0.15) is 29.5 Å². The van der Waals surface area contributed by atoms with Crippen molar-refractivity contribution < 1.29 is 10.2 Å². The van der Waals surface area contributed by atoms with Crippen molar-refractivity contribution in [1.82, 2.24) is 4.98 Å². The number of aromatic nitrogens is 1. The maximum Gasteiger partial charge on any atom is 0.122 e. The lowest BCUT2D eigenvalue weighted by Crippen LogP contribution is -1.98. The van der Waals surface area contributed by atoms with Crippen LogP contribution >= 0.6 is 11.8 Å². The molecule has 1 unspecified atom stereocenters. The molecule has 4 heteroatoms. The van der Waals surface area contributed by atoms with E-state index in [9.17, 15) is 10.2 Å². The van der Waals surface area contributed by atoms with Crippen molar-refractivity contribution in [1.29, 1.82) is 0 Å². The Hall–Kier alpha value is -2.46. The highest BCUT2D eigenvalue weighted by Gasteiger charge is 2.16. The van der Waals surface area contributed by atoms with Crippen LogP contribution in [-0.4, -0.2) is 15.2 Å². The monoisotopic (exact) mass is 337 g/mol. The van der Waals surface area contributed by atoms with Gasteiger partial charge < -0.3 is 10.2 Å². The van der Waals surface area contributed by atoms with Gasteiger partial charge in [0.05, 0.1) is 0 Å². The van der Waals surface area contributed by atoms with Crippen LogP contribution in [0.2, 0.25) is 0 Å². The van der Waals surface area contributed by atoms with Crippen molar-refractivity contribution in [3.05, 3.63) is 77.6 Å². The molecule has 1 atom stereocenters. The van der Waals surface area contributed by atoms with E-state index in [2.05, 4.69) is 11.9 Å². The Balaban J connectivity index is 1.95. The molecule has 24 heavy (non-hydrogen) atoms. The summed E-state index contributed by atoms with van der Waals surface area (Å²) in [6.07, 6.45) is 3.54. The van der Waals surface area contributed by atoms with Crippen LogP contribution in [0, 0.1) is 6.92 Å². The first kappa shape index (κ1) is 16.4. The van der Waals surface area contributed by atoms with Gasteiger partial charge in [0.15, 0.2) is 0 Å². The molecule has 1 aromatic heterocycles. The maximum absolute atomic E-state index is 10.5. The van der Waals surface area contributed by atoms with E-state index in [4.69, 9.17) is 0 Å². The topological polar surface area (TPSA) is 53.4 Å². The van der Waals surface area contributed by atoms with Gasteiger partial charge >= 0.3 is 0 Å². The van der Waals surface area contributed by atoms with Crippen molar-refractivity contribution in [2.45, 2.75) is 29.6 Å². The number of phenolic OH excluding ortho intramolecular Hbond substituents is 2. The Bertz CT molecular complexity index is 832. The summed E-state index contributed by atoms with van der Waals surface area (Å²) < 4.78 is 0. The minimum atomic E-state index is 0.0760. The van der Waals surface area contributed by atoms with Crippen molar-refractivity contribution in [2.24, 2.45) is 0 Å². The largest absolute Gasteiger partial charge is 0.508 e. The second-order valence-corrected chi connectivity index (χ2v) is 6.92. The fraction of sp³-hybridized carbons (Fsp3) is 0.150. The first-order valence-corrected chi connectivity index (χ1v) is 8.56. The number of nitrogens with zero attached hydrogens (tertiary/aromatic N) is 1. The summed E-state index contributed by atoms with van der Waals surface area (Å²) >= 11 is 1.61. The summed E-state index contributed by atoms with van der Waals surface area (Å²) in [5.41, 5.74) is 2.88. The number of aromatic hydroxyl groups is 2. The molecule has 2 aromatic carbocycles. The molecule has 1 heterocycles. The number of hydrogen-bond donors (Lipinski definition) is 2. The van der Waals surface area contributed by atoms with Crippen LogP contribution in [0.3, 0.4) is 0 Å². The summed E-state index contributed by atoms with van der Waals surface area (Å²) in [6.45, 7) is 4.00. The number of benzene rings is 2. The molecular formula is C20H19NO2S. The number of pyridine rings is 1. The van der Waals surface area contributed by atoms with Gasteiger partial charge in [0.25, 0.3) is 0 Å². The van der Waals surface area contributed by atoms with Crippen molar-refractivity contribution in [2.75, 3.05) is 0 Å². The molecule has 3 rings (SSSR count). The van der Waals surface area contributed by atoms with Crippen molar-refractivity contribution in [3.8, 4) is 11.5 Å². The lowest BCUT2D eigenvalue weighted by molar-refractivity contribution is 0.461. The van der Waals surface area contributed by atoms with Gasteiger partial charge in [-0.05, 0) is 66.6 Å². The molecule has 0 aliphatic heterocycles. The van der Waals surface area contributed by atoms with Gasteiger partial charge in [0.1, 0.15) is 11.5 Å². The zero-order valence-electron chi connectivity index (χ0n) is 13.6. The fourth-order valence-corrected chi connectivity index (χ4v) is 3.61. The van der Waals surface area contributed by atoms with Gasteiger partial charge in [-0.25, -0.2) is 0 Å². The van der Waals surface area contributed by atoms with Gasteiger partial charge in [-0.2, -0.15) is 0 Å². The smallest absolute Gasteiger partial charge is 0.122 e. The molecule has 0 amide bonds. The normalized spacial score (nSPS) is 12.1. The van der Waals surface area contributed by atoms with E-state index in [-0.39, 0.29) is 11.7 Å². The van der Waals surface area contributed by atoms with E-state index < -0.39 is 0 Å². The van der Waals surface area contributed by atoms with E-state index >= 15 is 0 Å². The van der Waals surface area contributed by atoms with E-state index in [1.165, 1.54) is 0 Å². The Morgan fingerprint density at radius 3 is 2.25 bits per heavy atom. The summed E-state index contributed by atoms with van der Waals surface area (Å²) in [4.78, 5) is 6.16. The molecule has 0 aliphatic carbocycles. The van der Waals surface area contributed by atoms with E-state index in [0.29, 0.717) is 5.75 Å². The first-order chi connectivity index (χ1) is 11.5. The van der Waals surface area contributed by atoms with Crippen molar-refractivity contribution in [3.63, 3.8) is 0 Å². The zero-order valence-corrected chi connectivity index (χ0v) is 14.4. The number of rotatable bonds is 4. The van der Waals surface area contributed by atoms with E-state index in [0.717, 1.165) is 26.5 Å². The molecule has 2 N–H and O–H groups in total. The number of aryl methyl sites for hydroxylation is 1. The molecule has 0 fully saturated rings. The van der Waals surface area contributed by atoms with Gasteiger partial charge in [0.2, 0.25) is 0 Å². The third-order valence-electron chi connectivity index (χ3n) is 4.05. The Morgan fingerprint density at radius 1 is 0.917 bits per heavy atom. The van der Waals surface area contributed by atoms with Gasteiger partial charge in [-0.1, -0.05) is 18.7 Å². The molecule has 0 radical (unpaired) electrons. The third kappa shape index (κ3) is 3.54. The van der Waals surface area contributed by atoms with Crippen molar-refractivity contribution >= 4 is 11.8 Å². The highest BCUT2D eigenvalue weighted by Crippen LogP contribution is 2.38. The Labute approximate surface area is 146 Å². The van der Waals surface area contributed by atoms with Crippen LogP contribution in [0.25, 0.3) is 0 Å². The van der Waals surface area contributed by atoms with Crippen LogP contribution in [-0.2, 0) is 0 Å². The lowest BCUT2D eigenvalue weighted by atomic mass is 9.92. The second kappa shape index (κ2) is 6.97. The van der Waals surface area contributed by atoms with Gasteiger partial charge in [-0.3, -0.25) is 4.98 Å². The minimum absolute atomic E-state index is 0.0760. The fourth-order valence-electron chi connectivity index (χ4n) is 2.64. The van der Waals surface area contributed by atoms with Crippen LogP contribution in [0.5, 0.6) is 11.5 Å². The molecule has 3 aromatic rings. The molecular weight excluding hydrogens is 318 g/mol. The molecule has 0 spiro atoms. The third-order valence-corrected chi connectivity index (χ3v) is 5.03. The van der Waals surface area contributed by atoms with E-state index in [1.54, 1.807) is 36.3 Å². The molecule has 0 bridgehead atoms. The lowest BCUT2D eigenvalue weighted by Gasteiger charge is -2.17. The minimum Gasteiger partial charge on any atom is -0.508 e. The predicted molar refractivity (Wildman–Crippen MR) is 96.8 cm³/mol. The van der Waals surface area contributed by atoms with Gasteiger partial charge in [0, 0.05) is 33.7 Å². The molecule has 0 saturated heterocycles. The summed E-state index contributed by atoms with van der Waals surface area (Å²) in [5, 5.41) is 19.9. The zero-order chi connectivity index (χ0) is 17.1. The summed E-state index contributed by atoms with van der Waals surface area (Å²) in [5.74, 6) is 0.676. The molecule has 0 aliphatic rings. The quantitative estimate of drug-likeness (QED) is 0.695.